The highest BCUT2D eigenvalue weighted by atomic mass is 35.5. The zero-order valence-electron chi connectivity index (χ0n) is 14.1. The zero-order chi connectivity index (χ0) is 18.0. The van der Waals surface area contributed by atoms with E-state index in [1.165, 1.54) is 10.5 Å². The number of thioether (sulfide) groups is 1. The maximum Gasteiger partial charge on any atom is 0.220 e. The Hall–Kier alpha value is -2.18. The summed E-state index contributed by atoms with van der Waals surface area (Å²) in [4.78, 5) is 11.5. The molecule has 130 valence electrons. The highest BCUT2D eigenvalue weighted by molar-refractivity contribution is 7.98. The van der Waals surface area contributed by atoms with Gasteiger partial charge in [-0.2, -0.15) is 4.99 Å². The van der Waals surface area contributed by atoms with Gasteiger partial charge >= 0.3 is 0 Å². The van der Waals surface area contributed by atoms with Gasteiger partial charge in [-0.1, -0.05) is 23.7 Å². The quantitative estimate of drug-likeness (QED) is 0.798. The molecule has 3 rings (SSSR count). The Bertz CT molecular complexity index is 812. The fourth-order valence-electron chi connectivity index (χ4n) is 2.69. The SMILES string of the molecule is CC1(C)N=C(N)N=C(N)N1c1ccc(SCc2ccc(Cl)cc2)cc1. The normalized spacial score (nSPS) is 16.4. The lowest BCUT2D eigenvalue weighted by Gasteiger charge is -2.38. The summed E-state index contributed by atoms with van der Waals surface area (Å²) in [7, 11) is 0. The number of hydrogen-bond donors (Lipinski definition) is 2. The van der Waals surface area contributed by atoms with Crippen molar-refractivity contribution in [2.45, 2.75) is 30.2 Å². The Morgan fingerprint density at radius 1 is 1.04 bits per heavy atom. The van der Waals surface area contributed by atoms with Crippen LogP contribution in [-0.4, -0.2) is 17.6 Å². The molecule has 1 heterocycles. The van der Waals surface area contributed by atoms with E-state index < -0.39 is 5.66 Å². The number of nitrogens with zero attached hydrogens (tertiary/aromatic N) is 3. The first kappa shape index (κ1) is 17.6. The van der Waals surface area contributed by atoms with Crippen molar-refractivity contribution in [3.63, 3.8) is 0 Å². The van der Waals surface area contributed by atoms with Gasteiger partial charge in [0.1, 0.15) is 5.66 Å². The molecule has 0 saturated carbocycles. The number of guanidine groups is 2. The summed E-state index contributed by atoms with van der Waals surface area (Å²) in [6, 6.07) is 16.1. The van der Waals surface area contributed by atoms with Crippen LogP contribution in [0.4, 0.5) is 5.69 Å². The van der Waals surface area contributed by atoms with Crippen molar-refractivity contribution in [2.24, 2.45) is 21.5 Å². The van der Waals surface area contributed by atoms with Crippen LogP contribution in [0.5, 0.6) is 0 Å². The van der Waals surface area contributed by atoms with Crippen molar-refractivity contribution < 1.29 is 0 Å². The Labute approximate surface area is 156 Å². The first-order chi connectivity index (χ1) is 11.8. The molecule has 1 aliphatic heterocycles. The number of nitrogens with two attached hydrogens (primary N) is 2. The molecule has 0 aromatic heterocycles. The van der Waals surface area contributed by atoms with Gasteiger partial charge in [-0.05, 0) is 55.8 Å². The van der Waals surface area contributed by atoms with Crippen LogP contribution < -0.4 is 16.4 Å². The van der Waals surface area contributed by atoms with Gasteiger partial charge in [0.25, 0.3) is 0 Å². The molecule has 0 unspecified atom stereocenters. The summed E-state index contributed by atoms with van der Waals surface area (Å²) < 4.78 is 0. The molecule has 5 nitrogen and oxygen atoms in total. The van der Waals surface area contributed by atoms with Crippen molar-refractivity contribution in [1.82, 2.24) is 0 Å². The molecule has 0 fully saturated rings. The molecular weight excluding hydrogens is 354 g/mol. The lowest BCUT2D eigenvalue weighted by atomic mass is 10.1. The van der Waals surface area contributed by atoms with E-state index in [0.717, 1.165) is 16.5 Å². The molecule has 25 heavy (non-hydrogen) atoms. The summed E-state index contributed by atoms with van der Waals surface area (Å²) in [5, 5.41) is 0.754. The van der Waals surface area contributed by atoms with E-state index in [0.29, 0.717) is 5.96 Å². The second-order valence-electron chi connectivity index (χ2n) is 6.18. The van der Waals surface area contributed by atoms with Crippen LogP contribution in [0.2, 0.25) is 5.02 Å². The van der Waals surface area contributed by atoms with Crippen LogP contribution in [0, 0.1) is 0 Å². The van der Waals surface area contributed by atoms with E-state index in [4.69, 9.17) is 23.1 Å². The van der Waals surface area contributed by atoms with Gasteiger partial charge in [-0.25, -0.2) is 4.99 Å². The molecule has 2 aromatic rings. The highest BCUT2D eigenvalue weighted by Gasteiger charge is 2.32. The molecule has 7 heteroatoms. The van der Waals surface area contributed by atoms with E-state index >= 15 is 0 Å². The highest BCUT2D eigenvalue weighted by Crippen LogP contribution is 2.30. The predicted molar refractivity (Wildman–Crippen MR) is 107 cm³/mol. The molecule has 1 aliphatic rings. The van der Waals surface area contributed by atoms with E-state index in [2.05, 4.69) is 22.1 Å². The van der Waals surface area contributed by atoms with Crippen LogP contribution in [0.3, 0.4) is 0 Å². The van der Waals surface area contributed by atoms with Crippen LogP contribution in [0.15, 0.2) is 63.4 Å². The van der Waals surface area contributed by atoms with Gasteiger partial charge in [0.15, 0.2) is 0 Å². The van der Waals surface area contributed by atoms with Crippen LogP contribution in [-0.2, 0) is 5.75 Å². The fourth-order valence-corrected chi connectivity index (χ4v) is 3.67. The molecule has 2 aromatic carbocycles. The minimum Gasteiger partial charge on any atom is -0.369 e. The van der Waals surface area contributed by atoms with Gasteiger partial charge in [-0.15, -0.1) is 11.8 Å². The summed E-state index contributed by atoms with van der Waals surface area (Å²) in [6.07, 6.45) is 0. The Balaban J connectivity index is 1.72. The van der Waals surface area contributed by atoms with Crippen molar-refractivity contribution in [3.8, 4) is 0 Å². The summed E-state index contributed by atoms with van der Waals surface area (Å²) in [6.45, 7) is 3.90. The van der Waals surface area contributed by atoms with Gasteiger partial charge < -0.3 is 11.5 Å². The Kier molecular flexibility index (Phi) is 4.92. The van der Waals surface area contributed by atoms with E-state index in [1.54, 1.807) is 11.8 Å². The number of hydrogen-bond acceptors (Lipinski definition) is 6. The molecule has 0 bridgehead atoms. The maximum atomic E-state index is 6.06. The minimum absolute atomic E-state index is 0.203. The molecule has 0 saturated heterocycles. The number of halogens is 1. The average molecular weight is 374 g/mol. The monoisotopic (exact) mass is 373 g/mol. The van der Waals surface area contributed by atoms with Crippen LogP contribution in [0.25, 0.3) is 0 Å². The number of benzene rings is 2. The second-order valence-corrected chi connectivity index (χ2v) is 7.66. The lowest BCUT2D eigenvalue weighted by molar-refractivity contribution is 0.534. The summed E-state index contributed by atoms with van der Waals surface area (Å²) >= 11 is 7.68. The standard InChI is InChI=1S/C18H20ClN5S/c1-18(2)23-16(20)22-17(21)24(18)14-7-9-15(10-8-14)25-11-12-3-5-13(19)6-4-12/h3-10H,11H2,1-2H3,(H4,20,21,22,23). The van der Waals surface area contributed by atoms with E-state index in [1.807, 2.05) is 55.1 Å². The molecule has 0 amide bonds. The molecular formula is C18H20ClN5S. The molecule has 4 N–H and O–H groups in total. The smallest absolute Gasteiger partial charge is 0.220 e. The number of anilines is 1. The van der Waals surface area contributed by atoms with Gasteiger partial charge in [0, 0.05) is 21.4 Å². The fraction of sp³-hybridized carbons (Fsp3) is 0.222. The summed E-state index contributed by atoms with van der Waals surface area (Å²) in [5.74, 6) is 1.43. The predicted octanol–water partition coefficient (Wildman–Crippen LogP) is 3.82. The van der Waals surface area contributed by atoms with Crippen LogP contribution in [0.1, 0.15) is 19.4 Å². The average Bonchev–Trinajstić information content (AvgIpc) is 2.54. The molecule has 0 aliphatic carbocycles. The lowest BCUT2D eigenvalue weighted by Crippen LogP contribution is -2.54. The van der Waals surface area contributed by atoms with Crippen molar-refractivity contribution in [2.75, 3.05) is 4.90 Å². The third-order valence-electron chi connectivity index (χ3n) is 3.81. The van der Waals surface area contributed by atoms with Gasteiger partial charge in [-0.3, -0.25) is 4.90 Å². The minimum atomic E-state index is -0.576. The molecule has 0 atom stereocenters. The number of rotatable bonds is 4. The largest absolute Gasteiger partial charge is 0.369 e. The van der Waals surface area contributed by atoms with Crippen molar-refractivity contribution >= 4 is 41.0 Å². The first-order valence-corrected chi connectivity index (χ1v) is 9.18. The Morgan fingerprint density at radius 2 is 1.68 bits per heavy atom. The van der Waals surface area contributed by atoms with E-state index in [-0.39, 0.29) is 5.96 Å². The molecule has 0 radical (unpaired) electrons. The van der Waals surface area contributed by atoms with Crippen molar-refractivity contribution in [1.29, 1.82) is 0 Å². The van der Waals surface area contributed by atoms with Crippen LogP contribution >= 0.6 is 23.4 Å². The van der Waals surface area contributed by atoms with Crippen molar-refractivity contribution in [3.05, 3.63) is 59.1 Å². The second kappa shape index (κ2) is 6.98. The van der Waals surface area contributed by atoms with Gasteiger partial charge in [0.05, 0.1) is 0 Å². The zero-order valence-corrected chi connectivity index (χ0v) is 15.7. The van der Waals surface area contributed by atoms with Gasteiger partial charge in [0.2, 0.25) is 11.9 Å². The molecule has 0 spiro atoms. The summed E-state index contributed by atoms with van der Waals surface area (Å²) in [5.41, 5.74) is 13.4. The maximum absolute atomic E-state index is 6.06. The third kappa shape index (κ3) is 4.08. The first-order valence-electron chi connectivity index (χ1n) is 7.82. The topological polar surface area (TPSA) is 80.0 Å². The third-order valence-corrected chi connectivity index (χ3v) is 5.14. The van der Waals surface area contributed by atoms with E-state index in [9.17, 15) is 0 Å². The Morgan fingerprint density at radius 3 is 2.28 bits per heavy atom. The number of aliphatic imine (C=N–C) groups is 2.